The second-order valence-corrected chi connectivity index (χ2v) is 6.11. The van der Waals surface area contributed by atoms with E-state index in [0.29, 0.717) is 18.8 Å². The standard InChI is InChI=1S/C20H19N3O2/c24-20(23-10-8-15-4-1-2-5-16(15)14-23)19-12-17(7-9-21-19)22-13-18-6-3-11-25-18/h1-7,9,11-12H,8,10,13-14H2,(H,21,22). The number of benzene rings is 1. The lowest BCUT2D eigenvalue weighted by Crippen LogP contribution is -2.36. The Morgan fingerprint density at radius 2 is 2.04 bits per heavy atom. The molecule has 0 aliphatic carbocycles. The first kappa shape index (κ1) is 15.4. The van der Waals surface area contributed by atoms with Gasteiger partial charge in [0.05, 0.1) is 12.8 Å². The van der Waals surface area contributed by atoms with Gasteiger partial charge >= 0.3 is 0 Å². The number of furan rings is 1. The number of carbonyl (C=O) groups excluding carboxylic acids is 1. The van der Waals surface area contributed by atoms with Crippen LogP contribution < -0.4 is 5.32 Å². The maximum Gasteiger partial charge on any atom is 0.272 e. The Balaban J connectivity index is 1.46. The number of anilines is 1. The van der Waals surface area contributed by atoms with Gasteiger partial charge in [-0.05, 0) is 41.8 Å². The molecular weight excluding hydrogens is 314 g/mol. The lowest BCUT2D eigenvalue weighted by molar-refractivity contribution is 0.0729. The van der Waals surface area contributed by atoms with Crippen molar-refractivity contribution in [3.8, 4) is 0 Å². The van der Waals surface area contributed by atoms with Crippen LogP contribution in [0, 0.1) is 0 Å². The van der Waals surface area contributed by atoms with Gasteiger partial charge in [0.2, 0.25) is 0 Å². The number of aromatic nitrogens is 1. The summed E-state index contributed by atoms with van der Waals surface area (Å²) in [6, 6.07) is 15.7. The molecule has 0 saturated heterocycles. The summed E-state index contributed by atoms with van der Waals surface area (Å²) >= 11 is 0. The lowest BCUT2D eigenvalue weighted by Gasteiger charge is -2.28. The fraction of sp³-hybridized carbons (Fsp3) is 0.200. The van der Waals surface area contributed by atoms with Crippen LogP contribution in [0.25, 0.3) is 0 Å². The van der Waals surface area contributed by atoms with Gasteiger partial charge in [0.25, 0.3) is 5.91 Å². The Bertz CT molecular complexity index is 874. The average Bonchev–Trinajstić information content (AvgIpc) is 3.19. The molecule has 0 atom stereocenters. The van der Waals surface area contributed by atoms with Crippen LogP contribution in [0.4, 0.5) is 5.69 Å². The van der Waals surface area contributed by atoms with Crippen molar-refractivity contribution in [1.82, 2.24) is 9.88 Å². The zero-order chi connectivity index (χ0) is 17.1. The fourth-order valence-electron chi connectivity index (χ4n) is 3.09. The molecule has 0 unspecified atom stereocenters. The van der Waals surface area contributed by atoms with Crippen molar-refractivity contribution in [2.75, 3.05) is 11.9 Å². The van der Waals surface area contributed by atoms with Crippen molar-refractivity contribution >= 4 is 11.6 Å². The minimum absolute atomic E-state index is 0.0313. The van der Waals surface area contributed by atoms with Gasteiger partial charge in [-0.2, -0.15) is 0 Å². The first-order valence-electron chi connectivity index (χ1n) is 8.38. The molecule has 1 N–H and O–H groups in total. The summed E-state index contributed by atoms with van der Waals surface area (Å²) in [5.74, 6) is 0.813. The predicted molar refractivity (Wildman–Crippen MR) is 95.2 cm³/mol. The van der Waals surface area contributed by atoms with Gasteiger partial charge in [0.15, 0.2) is 0 Å². The number of rotatable bonds is 4. The molecule has 0 saturated carbocycles. The minimum Gasteiger partial charge on any atom is -0.467 e. The van der Waals surface area contributed by atoms with Crippen LogP contribution in [-0.2, 0) is 19.5 Å². The van der Waals surface area contributed by atoms with E-state index >= 15 is 0 Å². The number of hydrogen-bond acceptors (Lipinski definition) is 4. The van der Waals surface area contributed by atoms with Crippen LogP contribution in [0.1, 0.15) is 27.4 Å². The van der Waals surface area contributed by atoms with Gasteiger partial charge < -0.3 is 14.6 Å². The molecule has 5 nitrogen and oxygen atoms in total. The second kappa shape index (κ2) is 6.81. The fourth-order valence-corrected chi connectivity index (χ4v) is 3.09. The van der Waals surface area contributed by atoms with E-state index in [1.165, 1.54) is 11.1 Å². The monoisotopic (exact) mass is 333 g/mol. The molecule has 1 aliphatic heterocycles. The summed E-state index contributed by atoms with van der Waals surface area (Å²) in [5.41, 5.74) is 3.86. The molecule has 3 aromatic rings. The zero-order valence-electron chi connectivity index (χ0n) is 13.8. The highest BCUT2D eigenvalue weighted by Gasteiger charge is 2.22. The van der Waals surface area contributed by atoms with Crippen molar-refractivity contribution in [1.29, 1.82) is 0 Å². The Morgan fingerprint density at radius 3 is 2.88 bits per heavy atom. The van der Waals surface area contributed by atoms with Gasteiger partial charge in [0, 0.05) is 25.0 Å². The quantitative estimate of drug-likeness (QED) is 0.794. The molecule has 3 heterocycles. The molecule has 2 aromatic heterocycles. The highest BCUT2D eigenvalue weighted by molar-refractivity contribution is 5.93. The molecule has 0 fully saturated rings. The van der Waals surface area contributed by atoms with Crippen LogP contribution in [-0.4, -0.2) is 22.3 Å². The Labute approximate surface area is 146 Å². The highest BCUT2D eigenvalue weighted by atomic mass is 16.3. The Morgan fingerprint density at radius 1 is 1.16 bits per heavy atom. The topological polar surface area (TPSA) is 58.4 Å². The summed E-state index contributed by atoms with van der Waals surface area (Å²) in [6.07, 6.45) is 4.20. The van der Waals surface area contributed by atoms with Crippen LogP contribution in [0.3, 0.4) is 0 Å². The van der Waals surface area contributed by atoms with E-state index in [0.717, 1.165) is 24.4 Å². The maximum atomic E-state index is 12.8. The first-order chi connectivity index (χ1) is 12.3. The van der Waals surface area contributed by atoms with Crippen molar-refractivity contribution in [3.63, 3.8) is 0 Å². The minimum atomic E-state index is -0.0313. The molecule has 1 aliphatic rings. The number of pyridine rings is 1. The van der Waals surface area contributed by atoms with Crippen LogP contribution in [0.15, 0.2) is 65.4 Å². The molecule has 0 radical (unpaired) electrons. The van der Waals surface area contributed by atoms with Crippen LogP contribution in [0.5, 0.6) is 0 Å². The SMILES string of the molecule is O=C(c1cc(NCc2ccco2)ccn1)N1CCc2ccccc2C1. The number of hydrogen-bond donors (Lipinski definition) is 1. The average molecular weight is 333 g/mol. The number of carbonyl (C=O) groups is 1. The van der Waals surface area contributed by atoms with Crippen LogP contribution in [0.2, 0.25) is 0 Å². The zero-order valence-corrected chi connectivity index (χ0v) is 13.8. The summed E-state index contributed by atoms with van der Waals surface area (Å²) in [5, 5.41) is 3.26. The van der Waals surface area contributed by atoms with E-state index in [-0.39, 0.29) is 5.91 Å². The number of nitrogens with zero attached hydrogens (tertiary/aromatic N) is 2. The largest absolute Gasteiger partial charge is 0.467 e. The van der Waals surface area contributed by atoms with E-state index in [2.05, 4.69) is 22.4 Å². The molecule has 0 bridgehead atoms. The molecule has 0 spiro atoms. The van der Waals surface area contributed by atoms with E-state index in [4.69, 9.17) is 4.42 Å². The van der Waals surface area contributed by atoms with Gasteiger partial charge in [-0.25, -0.2) is 0 Å². The summed E-state index contributed by atoms with van der Waals surface area (Å²) in [6.45, 7) is 1.93. The molecule has 126 valence electrons. The molecule has 1 aromatic carbocycles. The summed E-state index contributed by atoms with van der Waals surface area (Å²) < 4.78 is 5.31. The highest BCUT2D eigenvalue weighted by Crippen LogP contribution is 2.20. The van der Waals surface area contributed by atoms with Crippen molar-refractivity contribution in [2.24, 2.45) is 0 Å². The molecule has 4 rings (SSSR count). The second-order valence-electron chi connectivity index (χ2n) is 6.11. The maximum absolute atomic E-state index is 12.8. The third kappa shape index (κ3) is 3.40. The Kier molecular flexibility index (Phi) is 4.21. The number of amides is 1. The predicted octanol–water partition coefficient (Wildman–Crippen LogP) is 3.49. The molecule has 5 heteroatoms. The normalized spacial score (nSPS) is 13.4. The molecule has 1 amide bonds. The molecular formula is C20H19N3O2. The first-order valence-corrected chi connectivity index (χ1v) is 8.38. The van der Waals surface area contributed by atoms with E-state index < -0.39 is 0 Å². The van der Waals surface area contributed by atoms with Gasteiger partial charge in [-0.1, -0.05) is 24.3 Å². The Hall–Kier alpha value is -3.08. The van der Waals surface area contributed by atoms with Gasteiger partial charge in [0.1, 0.15) is 11.5 Å². The number of fused-ring (bicyclic) bond motifs is 1. The summed E-state index contributed by atoms with van der Waals surface area (Å²) in [4.78, 5) is 18.9. The smallest absolute Gasteiger partial charge is 0.272 e. The lowest BCUT2D eigenvalue weighted by atomic mass is 10.00. The van der Waals surface area contributed by atoms with E-state index in [1.807, 2.05) is 35.2 Å². The summed E-state index contributed by atoms with van der Waals surface area (Å²) in [7, 11) is 0. The van der Waals surface area contributed by atoms with Crippen molar-refractivity contribution in [2.45, 2.75) is 19.5 Å². The third-order valence-electron chi connectivity index (χ3n) is 4.44. The number of nitrogens with one attached hydrogen (secondary N) is 1. The third-order valence-corrected chi connectivity index (χ3v) is 4.44. The van der Waals surface area contributed by atoms with E-state index in [1.54, 1.807) is 18.5 Å². The van der Waals surface area contributed by atoms with E-state index in [9.17, 15) is 4.79 Å². The van der Waals surface area contributed by atoms with Crippen molar-refractivity contribution < 1.29 is 9.21 Å². The van der Waals surface area contributed by atoms with Gasteiger partial charge in [-0.15, -0.1) is 0 Å². The van der Waals surface area contributed by atoms with Crippen LogP contribution >= 0.6 is 0 Å². The molecule has 25 heavy (non-hydrogen) atoms. The van der Waals surface area contributed by atoms with Gasteiger partial charge in [-0.3, -0.25) is 9.78 Å². The van der Waals surface area contributed by atoms with Crippen molar-refractivity contribution in [3.05, 3.63) is 83.6 Å².